The molecule has 1 atom stereocenters. The van der Waals surface area contributed by atoms with Crippen LogP contribution < -0.4 is 10.6 Å². The molecule has 26 heavy (non-hydrogen) atoms. The molecule has 0 radical (unpaired) electrons. The van der Waals surface area contributed by atoms with E-state index in [-0.39, 0.29) is 35.3 Å². The number of halogens is 5. The number of carbonyl (C=O) groups excluding carboxylic acids is 1. The number of hydrogen-bond acceptors (Lipinski definition) is 4. The van der Waals surface area contributed by atoms with E-state index in [2.05, 4.69) is 4.98 Å². The second kappa shape index (κ2) is 9.10. The van der Waals surface area contributed by atoms with Crippen LogP contribution in [0.25, 0.3) is 0 Å². The smallest absolute Gasteiger partial charge is 0.355 e. The molecule has 1 aliphatic heterocycles. The lowest BCUT2D eigenvalue weighted by atomic mass is 9.95. The molecule has 1 aromatic rings. The molecule has 0 saturated carbocycles. The number of amides is 1. The molecule has 148 valence electrons. The minimum absolute atomic E-state index is 0. The quantitative estimate of drug-likeness (QED) is 0.821. The fourth-order valence-corrected chi connectivity index (χ4v) is 3.11. The molecule has 0 bridgehead atoms. The van der Waals surface area contributed by atoms with E-state index in [4.69, 9.17) is 17.3 Å². The standard InChI is InChI=1S/C16H22ClF3N4O.ClH/c1-10(8-21)23(2)15(25)11-3-5-24(6-4-11)14-13(17)7-12(9-22-14)16(18,19)20;/h7,9-11H,3-6,8,21H2,1-2H3;1H. The highest BCUT2D eigenvalue weighted by molar-refractivity contribution is 6.33. The van der Waals surface area contributed by atoms with Gasteiger partial charge in [0, 0.05) is 44.8 Å². The Morgan fingerprint density at radius 2 is 2.04 bits per heavy atom. The Morgan fingerprint density at radius 3 is 2.50 bits per heavy atom. The maximum Gasteiger partial charge on any atom is 0.417 e. The lowest BCUT2D eigenvalue weighted by Gasteiger charge is -2.35. The topological polar surface area (TPSA) is 62.5 Å². The molecule has 2 heterocycles. The molecular weight excluding hydrogens is 392 g/mol. The van der Waals surface area contributed by atoms with Gasteiger partial charge in [-0.15, -0.1) is 12.4 Å². The van der Waals surface area contributed by atoms with Crippen LogP contribution in [-0.2, 0) is 11.0 Å². The Morgan fingerprint density at radius 1 is 1.46 bits per heavy atom. The second-order valence-corrected chi connectivity index (χ2v) is 6.73. The van der Waals surface area contributed by atoms with Gasteiger partial charge in [0.15, 0.2) is 0 Å². The highest BCUT2D eigenvalue weighted by Crippen LogP contribution is 2.34. The predicted molar refractivity (Wildman–Crippen MR) is 97.7 cm³/mol. The SMILES string of the molecule is CC(CN)N(C)C(=O)C1CCN(c2ncc(C(F)(F)F)cc2Cl)CC1.Cl. The van der Waals surface area contributed by atoms with Crippen molar-refractivity contribution >= 4 is 35.7 Å². The van der Waals surface area contributed by atoms with Crippen LogP contribution in [0.1, 0.15) is 25.3 Å². The van der Waals surface area contributed by atoms with E-state index in [0.717, 1.165) is 12.3 Å². The van der Waals surface area contributed by atoms with Crippen LogP contribution in [0, 0.1) is 5.92 Å². The first-order chi connectivity index (χ1) is 11.6. The number of aromatic nitrogens is 1. The van der Waals surface area contributed by atoms with Gasteiger partial charge in [-0.1, -0.05) is 11.6 Å². The molecule has 1 saturated heterocycles. The Kier molecular flexibility index (Phi) is 7.98. The number of alkyl halides is 3. The van der Waals surface area contributed by atoms with Gasteiger partial charge >= 0.3 is 6.18 Å². The molecule has 2 N–H and O–H groups in total. The van der Waals surface area contributed by atoms with Crippen molar-refractivity contribution in [3.8, 4) is 0 Å². The highest BCUT2D eigenvalue weighted by atomic mass is 35.5. The zero-order valence-corrected chi connectivity index (χ0v) is 16.2. The third-order valence-corrected chi connectivity index (χ3v) is 4.92. The number of carbonyl (C=O) groups is 1. The van der Waals surface area contributed by atoms with Crippen molar-refractivity contribution in [3.05, 3.63) is 22.8 Å². The minimum Gasteiger partial charge on any atom is -0.355 e. The van der Waals surface area contributed by atoms with Crippen LogP contribution in [0.4, 0.5) is 19.0 Å². The summed E-state index contributed by atoms with van der Waals surface area (Å²) in [5.41, 5.74) is 4.72. The van der Waals surface area contributed by atoms with Crippen molar-refractivity contribution in [1.82, 2.24) is 9.88 Å². The predicted octanol–water partition coefficient (Wildman–Crippen LogP) is 3.20. The van der Waals surface area contributed by atoms with Crippen molar-refractivity contribution in [1.29, 1.82) is 0 Å². The Hall–Kier alpha value is -1.25. The number of anilines is 1. The molecule has 0 spiro atoms. The summed E-state index contributed by atoms with van der Waals surface area (Å²) in [6.45, 7) is 3.31. The maximum atomic E-state index is 12.7. The molecule has 1 aromatic heterocycles. The van der Waals surface area contributed by atoms with Crippen molar-refractivity contribution < 1.29 is 18.0 Å². The number of pyridine rings is 1. The molecular formula is C16H23Cl2F3N4O. The summed E-state index contributed by atoms with van der Waals surface area (Å²) in [5, 5.41) is -0.0338. The number of nitrogens with two attached hydrogens (primary N) is 1. The number of piperidine rings is 1. The average Bonchev–Trinajstić information content (AvgIpc) is 2.59. The first-order valence-electron chi connectivity index (χ1n) is 8.09. The van der Waals surface area contributed by atoms with Gasteiger partial charge in [0.05, 0.1) is 10.6 Å². The van der Waals surface area contributed by atoms with E-state index in [0.29, 0.717) is 38.3 Å². The maximum absolute atomic E-state index is 12.7. The molecule has 1 fully saturated rings. The van der Waals surface area contributed by atoms with Gasteiger partial charge in [-0.05, 0) is 25.8 Å². The molecule has 2 rings (SSSR count). The molecule has 1 amide bonds. The van der Waals surface area contributed by atoms with Gasteiger partial charge in [-0.25, -0.2) is 4.98 Å². The van der Waals surface area contributed by atoms with Crippen LogP contribution in [-0.4, -0.2) is 48.5 Å². The van der Waals surface area contributed by atoms with Crippen LogP contribution in [0.5, 0.6) is 0 Å². The largest absolute Gasteiger partial charge is 0.417 e. The van der Waals surface area contributed by atoms with Gasteiger partial charge in [0.25, 0.3) is 0 Å². The number of hydrogen-bond donors (Lipinski definition) is 1. The van der Waals surface area contributed by atoms with Crippen molar-refractivity contribution in [2.24, 2.45) is 11.7 Å². The zero-order valence-electron chi connectivity index (χ0n) is 14.6. The molecule has 5 nitrogen and oxygen atoms in total. The van der Waals surface area contributed by atoms with Crippen LogP contribution in [0.3, 0.4) is 0 Å². The van der Waals surface area contributed by atoms with E-state index in [1.165, 1.54) is 0 Å². The third kappa shape index (κ3) is 5.14. The lowest BCUT2D eigenvalue weighted by Crippen LogP contribution is -2.46. The summed E-state index contributed by atoms with van der Waals surface area (Å²) in [6, 6.07) is 0.856. The summed E-state index contributed by atoms with van der Waals surface area (Å²) in [5.74, 6) is 0.247. The van der Waals surface area contributed by atoms with E-state index >= 15 is 0 Å². The van der Waals surface area contributed by atoms with Gasteiger partial charge in [-0.3, -0.25) is 4.79 Å². The fraction of sp³-hybridized carbons (Fsp3) is 0.625. The summed E-state index contributed by atoms with van der Waals surface area (Å²) in [7, 11) is 1.74. The first-order valence-corrected chi connectivity index (χ1v) is 8.47. The van der Waals surface area contributed by atoms with Crippen molar-refractivity contribution in [2.75, 3.05) is 31.6 Å². The van der Waals surface area contributed by atoms with Gasteiger partial charge in [0.2, 0.25) is 5.91 Å². The summed E-state index contributed by atoms with van der Waals surface area (Å²) < 4.78 is 38.1. The normalized spacial score (nSPS) is 16.8. The van der Waals surface area contributed by atoms with Crippen LogP contribution >= 0.6 is 24.0 Å². The van der Waals surface area contributed by atoms with Crippen LogP contribution in [0.2, 0.25) is 5.02 Å². The van der Waals surface area contributed by atoms with E-state index < -0.39 is 11.7 Å². The number of nitrogens with zero attached hydrogens (tertiary/aromatic N) is 3. The highest BCUT2D eigenvalue weighted by Gasteiger charge is 2.33. The fourth-order valence-electron chi connectivity index (χ4n) is 2.82. The lowest BCUT2D eigenvalue weighted by molar-refractivity contribution is -0.138. The van der Waals surface area contributed by atoms with Crippen molar-refractivity contribution in [2.45, 2.75) is 32.0 Å². The van der Waals surface area contributed by atoms with Gasteiger partial charge < -0.3 is 15.5 Å². The van der Waals surface area contributed by atoms with E-state index in [1.807, 2.05) is 11.8 Å². The van der Waals surface area contributed by atoms with Crippen molar-refractivity contribution in [3.63, 3.8) is 0 Å². The Labute approximate surface area is 162 Å². The first kappa shape index (κ1) is 22.8. The number of rotatable bonds is 4. The average molecular weight is 415 g/mol. The molecule has 1 aliphatic rings. The summed E-state index contributed by atoms with van der Waals surface area (Å²) in [4.78, 5) is 19.8. The van der Waals surface area contributed by atoms with Gasteiger partial charge in [0.1, 0.15) is 5.82 Å². The molecule has 10 heteroatoms. The zero-order chi connectivity index (χ0) is 18.8. The number of likely N-dealkylation sites (N-methyl/N-ethyl adjacent to an activating group) is 1. The minimum atomic E-state index is -4.47. The van der Waals surface area contributed by atoms with E-state index in [1.54, 1.807) is 11.9 Å². The summed E-state index contributed by atoms with van der Waals surface area (Å²) >= 11 is 5.99. The third-order valence-electron chi connectivity index (χ3n) is 4.64. The Balaban J connectivity index is 0.00000338. The second-order valence-electron chi connectivity index (χ2n) is 6.32. The summed E-state index contributed by atoms with van der Waals surface area (Å²) in [6.07, 6.45) is -2.49. The van der Waals surface area contributed by atoms with Crippen LogP contribution in [0.15, 0.2) is 12.3 Å². The molecule has 0 aliphatic carbocycles. The van der Waals surface area contributed by atoms with E-state index in [9.17, 15) is 18.0 Å². The van der Waals surface area contributed by atoms with Gasteiger partial charge in [-0.2, -0.15) is 13.2 Å². The monoisotopic (exact) mass is 414 g/mol. The molecule has 0 aromatic carbocycles. The Bertz CT molecular complexity index is 622. The molecule has 1 unspecified atom stereocenters.